The van der Waals surface area contributed by atoms with E-state index in [4.69, 9.17) is 5.73 Å². The van der Waals surface area contributed by atoms with E-state index in [0.717, 1.165) is 38.9 Å². The van der Waals surface area contributed by atoms with Gasteiger partial charge in [0.2, 0.25) is 5.91 Å². The van der Waals surface area contributed by atoms with Gasteiger partial charge in [0, 0.05) is 6.42 Å². The van der Waals surface area contributed by atoms with Crippen LogP contribution in [-0.4, -0.2) is 36.3 Å². The van der Waals surface area contributed by atoms with Crippen LogP contribution in [0.25, 0.3) is 0 Å². The molecule has 0 saturated carbocycles. The number of hydrogen-bond acceptors (Lipinski definition) is 3. The number of nitrogens with one attached hydrogen (secondary N) is 1. The first kappa shape index (κ1) is 18.2. The maximum atomic E-state index is 12.0. The number of nitrogens with two attached hydrogens (primary N) is 1. The molecule has 5 heteroatoms. The highest BCUT2D eigenvalue weighted by molar-refractivity contribution is 6.02. The molecule has 0 unspecified atom stereocenters. The quantitative estimate of drug-likeness (QED) is 0.697. The smallest absolute Gasteiger partial charge is 0.250 e. The molecule has 3 N–H and O–H groups in total. The lowest BCUT2D eigenvalue weighted by Gasteiger charge is -2.20. The number of para-hydroxylation sites is 1. The van der Waals surface area contributed by atoms with Crippen molar-refractivity contribution in [3.05, 3.63) is 29.8 Å². The Morgan fingerprint density at radius 3 is 2.32 bits per heavy atom. The van der Waals surface area contributed by atoms with Crippen LogP contribution >= 0.6 is 0 Å². The molecule has 1 aromatic rings. The zero-order chi connectivity index (χ0) is 16.4. The lowest BCUT2D eigenvalue weighted by Crippen LogP contribution is -2.27. The summed E-state index contributed by atoms with van der Waals surface area (Å²) in [6.07, 6.45) is 3.50. The largest absolute Gasteiger partial charge is 0.366 e. The zero-order valence-corrected chi connectivity index (χ0v) is 13.6. The number of rotatable bonds is 10. The van der Waals surface area contributed by atoms with Crippen LogP contribution in [0.5, 0.6) is 0 Å². The molecule has 0 aliphatic rings. The van der Waals surface area contributed by atoms with Crippen molar-refractivity contribution in [3.8, 4) is 0 Å². The summed E-state index contributed by atoms with van der Waals surface area (Å²) in [5.74, 6) is -0.616. The van der Waals surface area contributed by atoms with Gasteiger partial charge in [-0.15, -0.1) is 0 Å². The molecule has 5 nitrogen and oxygen atoms in total. The third kappa shape index (κ3) is 6.26. The Labute approximate surface area is 132 Å². The van der Waals surface area contributed by atoms with Crippen molar-refractivity contribution in [2.45, 2.75) is 39.5 Å². The van der Waals surface area contributed by atoms with Gasteiger partial charge in [-0.1, -0.05) is 26.0 Å². The van der Waals surface area contributed by atoms with Crippen molar-refractivity contribution in [3.63, 3.8) is 0 Å². The van der Waals surface area contributed by atoms with Gasteiger partial charge in [0.15, 0.2) is 0 Å². The minimum Gasteiger partial charge on any atom is -0.366 e. The molecule has 0 heterocycles. The monoisotopic (exact) mass is 305 g/mol. The first-order chi connectivity index (χ1) is 10.6. The van der Waals surface area contributed by atoms with E-state index in [1.165, 1.54) is 0 Å². The maximum absolute atomic E-state index is 12.0. The van der Waals surface area contributed by atoms with Crippen LogP contribution in [0, 0.1) is 0 Å². The summed E-state index contributed by atoms with van der Waals surface area (Å²) in [7, 11) is 0. The van der Waals surface area contributed by atoms with Gasteiger partial charge in [0.25, 0.3) is 5.91 Å². The second-order valence-corrected chi connectivity index (χ2v) is 5.40. The van der Waals surface area contributed by atoms with Crippen LogP contribution in [0.2, 0.25) is 0 Å². The molecule has 1 aromatic carbocycles. The van der Waals surface area contributed by atoms with Gasteiger partial charge >= 0.3 is 0 Å². The molecule has 0 saturated heterocycles. The van der Waals surface area contributed by atoms with E-state index in [0.29, 0.717) is 17.7 Å². The molecule has 0 aliphatic heterocycles. The van der Waals surface area contributed by atoms with Crippen molar-refractivity contribution in [2.24, 2.45) is 5.73 Å². The van der Waals surface area contributed by atoms with Crippen LogP contribution in [-0.2, 0) is 4.79 Å². The standard InChI is InChI=1S/C17H27N3O2/c1-3-11-20(12-4-2)13-7-10-16(21)19-15-9-6-5-8-14(15)17(18)22/h5-6,8-9H,3-4,7,10-13H2,1-2H3,(H2,18,22)(H,19,21). The Balaban J connectivity index is 2.45. The van der Waals surface area contributed by atoms with E-state index in [9.17, 15) is 9.59 Å². The molecule has 0 spiro atoms. The summed E-state index contributed by atoms with van der Waals surface area (Å²) in [5.41, 5.74) is 6.13. The Morgan fingerprint density at radius 2 is 1.73 bits per heavy atom. The van der Waals surface area contributed by atoms with E-state index in [1.807, 2.05) is 0 Å². The minimum absolute atomic E-state index is 0.0818. The molecule has 22 heavy (non-hydrogen) atoms. The Bertz CT molecular complexity index is 483. The molecule has 0 aliphatic carbocycles. The van der Waals surface area contributed by atoms with E-state index >= 15 is 0 Å². The van der Waals surface area contributed by atoms with Crippen LogP contribution in [0.3, 0.4) is 0 Å². The first-order valence-electron chi connectivity index (χ1n) is 7.99. The average Bonchev–Trinajstić information content (AvgIpc) is 2.48. The number of anilines is 1. The molecule has 1 rings (SSSR count). The minimum atomic E-state index is -0.534. The van der Waals surface area contributed by atoms with Gasteiger partial charge in [0.1, 0.15) is 0 Å². The van der Waals surface area contributed by atoms with Crippen molar-refractivity contribution < 1.29 is 9.59 Å². The molecule has 2 amide bonds. The average molecular weight is 305 g/mol. The summed E-state index contributed by atoms with van der Waals surface area (Å²) in [6, 6.07) is 6.80. The predicted molar refractivity (Wildman–Crippen MR) is 89.8 cm³/mol. The lowest BCUT2D eigenvalue weighted by molar-refractivity contribution is -0.116. The highest BCUT2D eigenvalue weighted by Gasteiger charge is 2.10. The highest BCUT2D eigenvalue weighted by Crippen LogP contribution is 2.14. The number of carbonyl (C=O) groups is 2. The number of nitrogens with zero attached hydrogens (tertiary/aromatic N) is 1. The van der Waals surface area contributed by atoms with Crippen molar-refractivity contribution >= 4 is 17.5 Å². The molecular weight excluding hydrogens is 278 g/mol. The van der Waals surface area contributed by atoms with Crippen LogP contribution < -0.4 is 11.1 Å². The van der Waals surface area contributed by atoms with Gasteiger partial charge in [-0.2, -0.15) is 0 Å². The van der Waals surface area contributed by atoms with Crippen molar-refractivity contribution in [1.29, 1.82) is 0 Å². The van der Waals surface area contributed by atoms with Gasteiger partial charge in [-0.25, -0.2) is 0 Å². The molecule has 0 atom stereocenters. The van der Waals surface area contributed by atoms with Crippen LogP contribution in [0.15, 0.2) is 24.3 Å². The molecular formula is C17H27N3O2. The first-order valence-corrected chi connectivity index (χ1v) is 7.99. The van der Waals surface area contributed by atoms with Gasteiger partial charge < -0.3 is 16.0 Å². The predicted octanol–water partition coefficient (Wildman–Crippen LogP) is 2.63. The normalized spacial score (nSPS) is 10.7. The second kappa shape index (κ2) is 9.95. The third-order valence-electron chi connectivity index (χ3n) is 3.42. The fraction of sp³-hybridized carbons (Fsp3) is 0.529. The Kier molecular flexibility index (Phi) is 8.22. The van der Waals surface area contributed by atoms with Crippen LogP contribution in [0.4, 0.5) is 5.69 Å². The Morgan fingerprint density at radius 1 is 1.09 bits per heavy atom. The van der Waals surface area contributed by atoms with Crippen molar-refractivity contribution in [1.82, 2.24) is 4.90 Å². The van der Waals surface area contributed by atoms with Gasteiger partial charge in [0.05, 0.1) is 11.3 Å². The second-order valence-electron chi connectivity index (χ2n) is 5.40. The Hall–Kier alpha value is -1.88. The topological polar surface area (TPSA) is 75.4 Å². The van der Waals surface area contributed by atoms with Gasteiger partial charge in [-0.3, -0.25) is 9.59 Å². The number of carbonyl (C=O) groups excluding carboxylic acids is 2. The lowest BCUT2D eigenvalue weighted by atomic mass is 10.1. The zero-order valence-electron chi connectivity index (χ0n) is 13.6. The van der Waals surface area contributed by atoms with Crippen molar-refractivity contribution in [2.75, 3.05) is 25.0 Å². The summed E-state index contributed by atoms with van der Waals surface area (Å²) in [5, 5.41) is 2.77. The molecule has 0 aromatic heterocycles. The molecule has 0 radical (unpaired) electrons. The highest BCUT2D eigenvalue weighted by atomic mass is 16.2. The number of hydrogen-bond donors (Lipinski definition) is 2. The molecule has 0 bridgehead atoms. The number of amides is 2. The van der Waals surface area contributed by atoms with E-state index in [1.54, 1.807) is 24.3 Å². The van der Waals surface area contributed by atoms with Gasteiger partial charge in [-0.05, 0) is 51.0 Å². The third-order valence-corrected chi connectivity index (χ3v) is 3.42. The van der Waals surface area contributed by atoms with Crippen LogP contribution in [0.1, 0.15) is 49.9 Å². The van der Waals surface area contributed by atoms with E-state index < -0.39 is 5.91 Å². The summed E-state index contributed by atoms with van der Waals surface area (Å²) in [4.78, 5) is 25.7. The van der Waals surface area contributed by atoms with E-state index in [2.05, 4.69) is 24.1 Å². The maximum Gasteiger partial charge on any atom is 0.250 e. The van der Waals surface area contributed by atoms with E-state index in [-0.39, 0.29) is 5.91 Å². The fourth-order valence-electron chi connectivity index (χ4n) is 2.45. The fourth-order valence-corrected chi connectivity index (χ4v) is 2.45. The summed E-state index contributed by atoms with van der Waals surface area (Å²) >= 11 is 0. The number of primary amides is 1. The summed E-state index contributed by atoms with van der Waals surface area (Å²) in [6.45, 7) is 7.39. The SMILES string of the molecule is CCCN(CCC)CCCC(=O)Nc1ccccc1C(N)=O. The molecule has 0 fully saturated rings. The number of benzene rings is 1. The molecule has 122 valence electrons. The summed E-state index contributed by atoms with van der Waals surface area (Å²) < 4.78 is 0.